The number of nitrogens with one attached hydrogen (secondary N) is 1. The Kier molecular flexibility index (Phi) is 4.91. The SMILES string of the molecule is O=C(Nc1ccc(F)cc1)c1cc(-c2ccccc2F)nc2cc(-c3ccccc3)nn12. The number of anilines is 1. The molecular formula is C25H16F2N4O. The monoisotopic (exact) mass is 426 g/mol. The molecule has 0 atom stereocenters. The third-order valence-corrected chi connectivity index (χ3v) is 4.98. The molecule has 156 valence electrons. The average molecular weight is 426 g/mol. The van der Waals surface area contributed by atoms with E-state index >= 15 is 0 Å². The largest absolute Gasteiger partial charge is 0.321 e. The van der Waals surface area contributed by atoms with Gasteiger partial charge in [0.15, 0.2) is 5.65 Å². The smallest absolute Gasteiger partial charge is 0.274 e. The molecule has 5 aromatic rings. The number of benzene rings is 3. The van der Waals surface area contributed by atoms with Crippen LogP contribution in [-0.4, -0.2) is 20.5 Å². The number of carbonyl (C=O) groups excluding carboxylic acids is 1. The van der Waals surface area contributed by atoms with Crippen LogP contribution in [0.5, 0.6) is 0 Å². The van der Waals surface area contributed by atoms with E-state index in [1.165, 1.54) is 40.9 Å². The molecule has 0 aliphatic carbocycles. The number of hydrogen-bond acceptors (Lipinski definition) is 3. The molecule has 0 aliphatic rings. The first-order chi connectivity index (χ1) is 15.6. The van der Waals surface area contributed by atoms with Crippen molar-refractivity contribution in [3.05, 3.63) is 108 Å². The third kappa shape index (κ3) is 3.72. The molecule has 0 saturated heterocycles. The first kappa shape index (κ1) is 19.6. The second-order valence-electron chi connectivity index (χ2n) is 7.13. The second kappa shape index (κ2) is 8.03. The van der Waals surface area contributed by atoms with E-state index in [4.69, 9.17) is 0 Å². The summed E-state index contributed by atoms with van der Waals surface area (Å²) in [6.45, 7) is 0. The number of nitrogens with zero attached hydrogens (tertiary/aromatic N) is 3. The van der Waals surface area contributed by atoms with Crippen molar-refractivity contribution in [1.82, 2.24) is 14.6 Å². The molecule has 2 aromatic heterocycles. The zero-order valence-corrected chi connectivity index (χ0v) is 16.7. The van der Waals surface area contributed by atoms with E-state index in [0.717, 1.165) is 5.56 Å². The standard InChI is InChI=1S/C25H16F2N4O/c26-17-10-12-18(13-11-17)28-25(32)23-14-22(19-8-4-5-9-20(19)27)29-24-15-21(30-31(23)24)16-6-2-1-3-7-16/h1-15H,(H,28,32). The molecule has 0 unspecified atom stereocenters. The fraction of sp³-hybridized carbons (Fsp3) is 0. The van der Waals surface area contributed by atoms with E-state index in [9.17, 15) is 13.6 Å². The molecule has 0 fully saturated rings. The van der Waals surface area contributed by atoms with Crippen LogP contribution >= 0.6 is 0 Å². The van der Waals surface area contributed by atoms with Gasteiger partial charge in [-0.15, -0.1) is 0 Å². The lowest BCUT2D eigenvalue weighted by molar-refractivity contribution is 0.102. The average Bonchev–Trinajstić information content (AvgIpc) is 3.25. The van der Waals surface area contributed by atoms with Gasteiger partial charge < -0.3 is 5.32 Å². The Bertz CT molecular complexity index is 1430. The van der Waals surface area contributed by atoms with Gasteiger partial charge in [0.1, 0.15) is 17.3 Å². The highest BCUT2D eigenvalue weighted by Crippen LogP contribution is 2.26. The van der Waals surface area contributed by atoms with Crippen molar-refractivity contribution in [2.24, 2.45) is 0 Å². The lowest BCUT2D eigenvalue weighted by atomic mass is 10.1. The number of rotatable bonds is 4. The maximum atomic E-state index is 14.5. The van der Waals surface area contributed by atoms with Crippen molar-refractivity contribution in [3.8, 4) is 22.5 Å². The van der Waals surface area contributed by atoms with Gasteiger partial charge in [-0.3, -0.25) is 4.79 Å². The summed E-state index contributed by atoms with van der Waals surface area (Å²) in [7, 11) is 0. The van der Waals surface area contributed by atoms with Crippen LogP contribution in [-0.2, 0) is 0 Å². The molecule has 0 spiro atoms. The van der Waals surface area contributed by atoms with Crippen molar-refractivity contribution < 1.29 is 13.6 Å². The second-order valence-corrected chi connectivity index (χ2v) is 7.13. The minimum atomic E-state index is -0.482. The Balaban J connectivity index is 1.66. The molecule has 0 radical (unpaired) electrons. The summed E-state index contributed by atoms with van der Waals surface area (Å²) in [5, 5.41) is 7.29. The molecule has 5 nitrogen and oxygen atoms in total. The molecule has 2 heterocycles. The topological polar surface area (TPSA) is 59.3 Å². The number of aromatic nitrogens is 3. The van der Waals surface area contributed by atoms with Crippen LogP contribution in [0.3, 0.4) is 0 Å². The maximum Gasteiger partial charge on any atom is 0.274 e. The minimum Gasteiger partial charge on any atom is -0.321 e. The maximum absolute atomic E-state index is 14.5. The molecule has 0 aliphatic heterocycles. The Morgan fingerprint density at radius 3 is 2.28 bits per heavy atom. The van der Waals surface area contributed by atoms with Gasteiger partial charge in [0.25, 0.3) is 5.91 Å². The van der Waals surface area contributed by atoms with Crippen molar-refractivity contribution in [3.63, 3.8) is 0 Å². The highest BCUT2D eigenvalue weighted by molar-refractivity contribution is 6.04. The molecular weight excluding hydrogens is 410 g/mol. The molecule has 1 N–H and O–H groups in total. The van der Waals surface area contributed by atoms with Gasteiger partial charge in [-0.25, -0.2) is 18.3 Å². The Hall–Kier alpha value is -4.39. The van der Waals surface area contributed by atoms with E-state index in [1.54, 1.807) is 24.3 Å². The van der Waals surface area contributed by atoms with Gasteiger partial charge in [-0.05, 0) is 42.5 Å². The van der Waals surface area contributed by atoms with Crippen LogP contribution in [0.1, 0.15) is 10.5 Å². The summed E-state index contributed by atoms with van der Waals surface area (Å²) >= 11 is 0. The number of amides is 1. The molecule has 7 heteroatoms. The lowest BCUT2D eigenvalue weighted by Crippen LogP contribution is -2.17. The first-order valence-electron chi connectivity index (χ1n) is 9.86. The van der Waals surface area contributed by atoms with Gasteiger partial charge >= 0.3 is 0 Å². The van der Waals surface area contributed by atoms with Crippen LogP contribution < -0.4 is 5.32 Å². The van der Waals surface area contributed by atoms with E-state index in [-0.39, 0.29) is 11.3 Å². The zero-order valence-electron chi connectivity index (χ0n) is 16.7. The van der Waals surface area contributed by atoms with Crippen molar-refractivity contribution >= 4 is 17.2 Å². The summed E-state index contributed by atoms with van der Waals surface area (Å²) in [5.41, 5.74) is 3.04. The predicted molar refractivity (Wildman–Crippen MR) is 118 cm³/mol. The summed E-state index contributed by atoms with van der Waals surface area (Å²) in [5.74, 6) is -1.34. The van der Waals surface area contributed by atoms with E-state index in [0.29, 0.717) is 22.7 Å². The first-order valence-corrected chi connectivity index (χ1v) is 9.86. The predicted octanol–water partition coefficient (Wildman–Crippen LogP) is 5.59. The Morgan fingerprint density at radius 2 is 1.53 bits per heavy atom. The Morgan fingerprint density at radius 1 is 0.812 bits per heavy atom. The van der Waals surface area contributed by atoms with Crippen LogP contribution in [0.2, 0.25) is 0 Å². The fourth-order valence-electron chi connectivity index (χ4n) is 3.42. The van der Waals surface area contributed by atoms with Gasteiger partial charge in [0.05, 0.1) is 11.4 Å². The number of fused-ring (bicyclic) bond motifs is 1. The summed E-state index contributed by atoms with van der Waals surface area (Å²) in [6.07, 6.45) is 0. The number of hydrogen-bond donors (Lipinski definition) is 1. The summed E-state index contributed by atoms with van der Waals surface area (Å²) in [6, 6.07) is 24.4. The molecule has 5 rings (SSSR count). The van der Waals surface area contributed by atoms with Gasteiger partial charge in [-0.2, -0.15) is 5.10 Å². The van der Waals surface area contributed by atoms with Gasteiger partial charge in [0, 0.05) is 22.9 Å². The van der Waals surface area contributed by atoms with E-state index < -0.39 is 17.5 Å². The molecule has 0 bridgehead atoms. The lowest BCUT2D eigenvalue weighted by Gasteiger charge is -2.10. The minimum absolute atomic E-state index is 0.166. The Labute approximate surface area is 182 Å². The van der Waals surface area contributed by atoms with Crippen LogP contribution in [0.15, 0.2) is 91.0 Å². The zero-order chi connectivity index (χ0) is 22.1. The van der Waals surface area contributed by atoms with Gasteiger partial charge in [-0.1, -0.05) is 42.5 Å². The summed E-state index contributed by atoms with van der Waals surface area (Å²) in [4.78, 5) is 17.7. The molecule has 1 amide bonds. The molecule has 32 heavy (non-hydrogen) atoms. The van der Waals surface area contributed by atoms with Crippen molar-refractivity contribution in [1.29, 1.82) is 0 Å². The molecule has 0 saturated carbocycles. The van der Waals surface area contributed by atoms with Crippen LogP contribution in [0, 0.1) is 11.6 Å². The third-order valence-electron chi connectivity index (χ3n) is 4.98. The van der Waals surface area contributed by atoms with E-state index in [1.807, 2.05) is 30.3 Å². The number of carbonyl (C=O) groups is 1. The van der Waals surface area contributed by atoms with Crippen LogP contribution in [0.25, 0.3) is 28.2 Å². The normalized spacial score (nSPS) is 10.9. The fourth-order valence-corrected chi connectivity index (χ4v) is 3.42. The molecule has 3 aromatic carbocycles. The van der Waals surface area contributed by atoms with Crippen molar-refractivity contribution in [2.75, 3.05) is 5.32 Å². The van der Waals surface area contributed by atoms with Crippen LogP contribution in [0.4, 0.5) is 14.5 Å². The highest BCUT2D eigenvalue weighted by atomic mass is 19.1. The van der Waals surface area contributed by atoms with Gasteiger partial charge in [0.2, 0.25) is 0 Å². The quantitative estimate of drug-likeness (QED) is 0.407. The summed E-state index contributed by atoms with van der Waals surface area (Å²) < 4.78 is 29.1. The number of halogens is 2. The highest BCUT2D eigenvalue weighted by Gasteiger charge is 2.18. The van der Waals surface area contributed by atoms with E-state index in [2.05, 4.69) is 15.4 Å². The van der Waals surface area contributed by atoms with Crippen molar-refractivity contribution in [2.45, 2.75) is 0 Å².